The van der Waals surface area contributed by atoms with Gasteiger partial charge >= 0.3 is 0 Å². The van der Waals surface area contributed by atoms with Gasteiger partial charge in [0.1, 0.15) is 18.4 Å². The minimum atomic E-state index is 0.468. The second-order valence-corrected chi connectivity index (χ2v) is 11.4. The van der Waals surface area contributed by atoms with E-state index in [1.807, 2.05) is 0 Å². The molecule has 0 radical (unpaired) electrons. The Bertz CT molecular complexity index is 903. The minimum absolute atomic E-state index is 0.468. The van der Waals surface area contributed by atoms with Gasteiger partial charge < -0.3 is 0 Å². The molecule has 0 saturated carbocycles. The molecule has 2 aromatic carbocycles. The fraction of sp³-hybridized carbons (Fsp3) is 0.583. The maximum atomic E-state index is 3.30. The second kappa shape index (κ2) is 19.7. The molecule has 1 heterocycles. The first kappa shape index (κ1) is 30.2. The van der Waals surface area contributed by atoms with E-state index in [0.717, 1.165) is 6.42 Å². The highest BCUT2D eigenvalue weighted by atomic mass is 15.1. The predicted molar refractivity (Wildman–Crippen MR) is 164 cm³/mol. The van der Waals surface area contributed by atoms with Crippen molar-refractivity contribution in [2.45, 2.75) is 134 Å². The van der Waals surface area contributed by atoms with E-state index in [4.69, 9.17) is 0 Å². The molecule has 2 unspecified atom stereocenters. The molecule has 3 rings (SSSR count). The molecule has 0 aliphatic heterocycles. The number of benzene rings is 2. The number of aromatic amines is 1. The van der Waals surface area contributed by atoms with Gasteiger partial charge in [-0.1, -0.05) is 164 Å². The number of aromatic nitrogens is 2. The van der Waals surface area contributed by atoms with Crippen LogP contribution >= 0.6 is 0 Å². The van der Waals surface area contributed by atoms with Gasteiger partial charge in [-0.25, -0.2) is 4.57 Å². The lowest BCUT2D eigenvalue weighted by atomic mass is 9.83. The van der Waals surface area contributed by atoms with Crippen LogP contribution in [0.5, 0.6) is 0 Å². The van der Waals surface area contributed by atoms with Crippen molar-refractivity contribution in [2.75, 3.05) is 0 Å². The van der Waals surface area contributed by atoms with Crippen LogP contribution in [0, 0.1) is 0 Å². The van der Waals surface area contributed by atoms with Crippen LogP contribution < -0.4 is 4.57 Å². The number of imidazole rings is 1. The van der Waals surface area contributed by atoms with Crippen LogP contribution in [0.1, 0.15) is 139 Å². The minimum Gasteiger partial charge on any atom is -0.250 e. The molecule has 1 aromatic heterocycles. The number of hydrogen-bond acceptors (Lipinski definition) is 0. The van der Waals surface area contributed by atoms with Crippen molar-refractivity contribution in [3.63, 3.8) is 0 Å². The van der Waals surface area contributed by atoms with Crippen LogP contribution in [0.4, 0.5) is 0 Å². The summed E-state index contributed by atoms with van der Waals surface area (Å²) >= 11 is 0. The highest BCUT2D eigenvalue weighted by Crippen LogP contribution is 2.33. The summed E-state index contributed by atoms with van der Waals surface area (Å²) < 4.78 is 2.42. The van der Waals surface area contributed by atoms with Crippen LogP contribution in [0.25, 0.3) is 0 Å². The van der Waals surface area contributed by atoms with Crippen molar-refractivity contribution in [2.24, 2.45) is 0 Å². The number of H-pyrrole nitrogens is 1. The summed E-state index contributed by atoms with van der Waals surface area (Å²) in [6.45, 7) is 2.30. The van der Waals surface area contributed by atoms with E-state index in [2.05, 4.69) is 95.9 Å². The van der Waals surface area contributed by atoms with E-state index < -0.39 is 0 Å². The van der Waals surface area contributed by atoms with E-state index in [9.17, 15) is 0 Å². The zero-order chi connectivity index (χ0) is 26.5. The van der Waals surface area contributed by atoms with Crippen LogP contribution in [0.2, 0.25) is 0 Å². The van der Waals surface area contributed by atoms with E-state index >= 15 is 0 Å². The van der Waals surface area contributed by atoms with Crippen LogP contribution in [-0.2, 0) is 6.42 Å². The molecule has 3 aromatic rings. The highest BCUT2D eigenvalue weighted by Gasteiger charge is 2.28. The highest BCUT2D eigenvalue weighted by molar-refractivity contribution is 5.25. The number of rotatable bonds is 22. The third-order valence-electron chi connectivity index (χ3n) is 8.29. The van der Waals surface area contributed by atoms with Gasteiger partial charge in [0.2, 0.25) is 6.33 Å². The quantitative estimate of drug-likeness (QED) is 0.101. The molecule has 0 saturated heterocycles. The maximum absolute atomic E-state index is 3.30. The fourth-order valence-electron chi connectivity index (χ4n) is 6.01. The molecule has 0 spiro atoms. The molecule has 0 fully saturated rings. The van der Waals surface area contributed by atoms with E-state index in [0.29, 0.717) is 12.0 Å². The Morgan fingerprint density at radius 1 is 0.605 bits per heavy atom. The van der Waals surface area contributed by atoms with Crippen LogP contribution in [-0.4, -0.2) is 4.98 Å². The Kier molecular flexibility index (Phi) is 15.6. The van der Waals surface area contributed by atoms with E-state index in [1.165, 1.54) is 120 Å². The third-order valence-corrected chi connectivity index (χ3v) is 8.29. The Labute approximate surface area is 234 Å². The molecule has 0 aliphatic carbocycles. The topological polar surface area (TPSA) is 19.7 Å². The molecule has 38 heavy (non-hydrogen) atoms. The molecule has 208 valence electrons. The smallest absolute Gasteiger partial charge is 0.241 e. The number of nitrogens with one attached hydrogen (secondary N) is 1. The Morgan fingerprint density at radius 3 is 1.61 bits per heavy atom. The maximum Gasteiger partial charge on any atom is 0.241 e. The summed E-state index contributed by atoms with van der Waals surface area (Å²) in [7, 11) is 0. The zero-order valence-electron chi connectivity index (χ0n) is 24.3. The summed E-state index contributed by atoms with van der Waals surface area (Å²) in [6, 6.07) is 22.7. The summed E-state index contributed by atoms with van der Waals surface area (Å²) in [4.78, 5) is 3.30. The van der Waals surface area contributed by atoms with E-state index in [-0.39, 0.29) is 0 Å². The van der Waals surface area contributed by atoms with Crippen molar-refractivity contribution in [1.82, 2.24) is 4.98 Å². The Hall–Kier alpha value is -2.35. The normalized spacial score (nSPS) is 13.0. The number of nitrogens with zero attached hydrogens (tertiary/aromatic N) is 1. The molecule has 2 heteroatoms. The Balaban J connectivity index is 1.35. The molecule has 2 nitrogen and oxygen atoms in total. The first-order chi connectivity index (χ1) is 18.9. The molecule has 0 aliphatic rings. The predicted octanol–water partition coefficient (Wildman–Crippen LogP) is 10.5. The average Bonchev–Trinajstić information content (AvgIpc) is 3.50. The monoisotopic (exact) mass is 515 g/mol. The van der Waals surface area contributed by atoms with Gasteiger partial charge in [0.05, 0.1) is 0 Å². The third kappa shape index (κ3) is 12.0. The number of hydrogen-bond donors (Lipinski definition) is 1. The van der Waals surface area contributed by atoms with E-state index in [1.54, 1.807) is 0 Å². The van der Waals surface area contributed by atoms with Crippen molar-refractivity contribution < 1.29 is 4.57 Å². The van der Waals surface area contributed by atoms with Crippen molar-refractivity contribution >= 4 is 0 Å². The molecule has 0 amide bonds. The van der Waals surface area contributed by atoms with Crippen LogP contribution in [0.3, 0.4) is 0 Å². The first-order valence-corrected chi connectivity index (χ1v) is 16.0. The zero-order valence-corrected chi connectivity index (χ0v) is 24.3. The second-order valence-electron chi connectivity index (χ2n) is 11.4. The van der Waals surface area contributed by atoms with Gasteiger partial charge in [0, 0.05) is 5.92 Å². The lowest BCUT2D eigenvalue weighted by Crippen LogP contribution is -2.41. The van der Waals surface area contributed by atoms with Crippen molar-refractivity contribution in [1.29, 1.82) is 0 Å². The van der Waals surface area contributed by atoms with Gasteiger partial charge in [0.25, 0.3) is 0 Å². The lowest BCUT2D eigenvalue weighted by Gasteiger charge is -2.26. The number of unbranched alkanes of at least 4 members (excludes halogenated alkanes) is 15. The summed E-state index contributed by atoms with van der Waals surface area (Å²) in [5, 5.41) is 0. The SMILES string of the molecule is CCCCCCCCCCCCCCCCCCC(C(Cc1ccccc1)c1ccccc1)[n+]1cc[nH]c1. The molecular formula is C36H55N2+. The standard InChI is InChI=1S/C36H54N2/c1-2-3-4-5-6-7-8-9-10-11-12-13-14-15-16-23-28-36(38-30-29-37-32-38)35(34-26-21-18-22-27-34)31-33-24-19-17-20-25-33/h17-22,24-27,29-30,32,35-36H,2-16,23,28,31H2,1H3/p+1. The van der Waals surface area contributed by atoms with Gasteiger partial charge in [-0.15, -0.1) is 0 Å². The Morgan fingerprint density at radius 2 is 1.11 bits per heavy atom. The molecular weight excluding hydrogens is 460 g/mol. The van der Waals surface area contributed by atoms with Crippen molar-refractivity contribution in [3.05, 3.63) is 90.5 Å². The molecule has 1 N–H and O–H groups in total. The molecule has 2 atom stereocenters. The van der Waals surface area contributed by atoms with Crippen LogP contribution in [0.15, 0.2) is 79.4 Å². The van der Waals surface area contributed by atoms with Gasteiger partial charge in [0.15, 0.2) is 0 Å². The van der Waals surface area contributed by atoms with Crippen molar-refractivity contribution in [3.8, 4) is 0 Å². The van der Waals surface area contributed by atoms with Gasteiger partial charge in [-0.3, -0.25) is 4.98 Å². The summed E-state index contributed by atoms with van der Waals surface area (Å²) in [5.74, 6) is 0.468. The average molecular weight is 516 g/mol. The first-order valence-electron chi connectivity index (χ1n) is 16.0. The molecule has 0 bridgehead atoms. The lowest BCUT2D eigenvalue weighted by molar-refractivity contribution is -0.725. The largest absolute Gasteiger partial charge is 0.250 e. The summed E-state index contributed by atoms with van der Waals surface area (Å²) in [5.41, 5.74) is 2.88. The fourth-order valence-corrected chi connectivity index (χ4v) is 6.01. The van der Waals surface area contributed by atoms with Gasteiger partial charge in [-0.05, 0) is 30.4 Å². The van der Waals surface area contributed by atoms with Gasteiger partial charge in [-0.2, -0.15) is 0 Å². The summed E-state index contributed by atoms with van der Waals surface area (Å²) in [6.07, 6.45) is 31.5.